The monoisotopic (exact) mass is 126 g/mol. The Morgan fingerprint density at radius 2 is 2.33 bits per heavy atom. The minimum absolute atomic E-state index is 0.528. The van der Waals surface area contributed by atoms with Gasteiger partial charge in [0.1, 0.15) is 6.29 Å². The predicted octanol–water partition coefficient (Wildman–Crippen LogP) is 2.18. The van der Waals surface area contributed by atoms with E-state index in [4.69, 9.17) is 0 Å². The second-order valence-corrected chi connectivity index (χ2v) is 2.37. The van der Waals surface area contributed by atoms with E-state index in [9.17, 15) is 4.79 Å². The van der Waals surface area contributed by atoms with Crippen LogP contribution in [0.4, 0.5) is 0 Å². The molecule has 0 amide bonds. The van der Waals surface area contributed by atoms with E-state index in [0.29, 0.717) is 12.3 Å². The van der Waals surface area contributed by atoms with Crippen molar-refractivity contribution in [1.82, 2.24) is 0 Å². The van der Waals surface area contributed by atoms with Crippen molar-refractivity contribution < 1.29 is 4.79 Å². The van der Waals surface area contributed by atoms with Crippen molar-refractivity contribution in [3.05, 3.63) is 12.7 Å². The molecule has 0 aromatic heterocycles. The number of carbonyl (C=O) groups excluding carboxylic acids is 1. The van der Waals surface area contributed by atoms with Gasteiger partial charge in [-0.25, -0.2) is 0 Å². The Morgan fingerprint density at radius 3 is 2.78 bits per heavy atom. The normalized spacial score (nSPS) is 12.6. The smallest absolute Gasteiger partial charge is 0.120 e. The van der Waals surface area contributed by atoms with Crippen LogP contribution < -0.4 is 0 Å². The maximum atomic E-state index is 9.95. The van der Waals surface area contributed by atoms with Gasteiger partial charge < -0.3 is 4.79 Å². The zero-order valence-corrected chi connectivity index (χ0v) is 5.97. The molecule has 0 saturated carbocycles. The van der Waals surface area contributed by atoms with Crippen molar-refractivity contribution in [1.29, 1.82) is 0 Å². The minimum Gasteiger partial charge on any atom is -0.303 e. The summed E-state index contributed by atoms with van der Waals surface area (Å²) >= 11 is 0. The summed E-state index contributed by atoms with van der Waals surface area (Å²) in [7, 11) is 0. The molecule has 0 bridgehead atoms. The van der Waals surface area contributed by atoms with Gasteiger partial charge in [0.2, 0.25) is 0 Å². The molecule has 0 aliphatic heterocycles. The quantitative estimate of drug-likeness (QED) is 0.407. The molecule has 0 rings (SSSR count). The fourth-order valence-electron chi connectivity index (χ4n) is 0.684. The van der Waals surface area contributed by atoms with Crippen LogP contribution in [0.25, 0.3) is 0 Å². The first-order valence-corrected chi connectivity index (χ1v) is 3.35. The molecule has 0 aromatic carbocycles. The Kier molecular flexibility index (Phi) is 5.18. The SMILES string of the molecule is C=CCC[C@H](C)CC=O. The Morgan fingerprint density at radius 1 is 1.67 bits per heavy atom. The number of hydrogen-bond donors (Lipinski definition) is 0. The van der Waals surface area contributed by atoms with Gasteiger partial charge in [-0.15, -0.1) is 6.58 Å². The fourth-order valence-corrected chi connectivity index (χ4v) is 0.684. The van der Waals surface area contributed by atoms with Crippen LogP contribution in [-0.4, -0.2) is 6.29 Å². The zero-order chi connectivity index (χ0) is 7.11. The van der Waals surface area contributed by atoms with Gasteiger partial charge in [0.05, 0.1) is 0 Å². The molecule has 9 heavy (non-hydrogen) atoms. The van der Waals surface area contributed by atoms with Crippen molar-refractivity contribution in [3.63, 3.8) is 0 Å². The summed E-state index contributed by atoms with van der Waals surface area (Å²) in [5.74, 6) is 0.528. The van der Waals surface area contributed by atoms with E-state index in [1.807, 2.05) is 6.08 Å². The summed E-state index contributed by atoms with van der Waals surface area (Å²) in [6.45, 7) is 5.69. The molecule has 0 heterocycles. The summed E-state index contributed by atoms with van der Waals surface area (Å²) in [6, 6.07) is 0. The van der Waals surface area contributed by atoms with Crippen molar-refractivity contribution in [2.24, 2.45) is 5.92 Å². The van der Waals surface area contributed by atoms with Crippen molar-refractivity contribution in [2.45, 2.75) is 26.2 Å². The van der Waals surface area contributed by atoms with Gasteiger partial charge in [0, 0.05) is 6.42 Å². The predicted molar refractivity (Wildman–Crippen MR) is 39.3 cm³/mol. The average Bonchev–Trinajstić information content (AvgIpc) is 1.85. The zero-order valence-electron chi connectivity index (χ0n) is 5.97. The van der Waals surface area contributed by atoms with Gasteiger partial charge in [-0.2, -0.15) is 0 Å². The lowest BCUT2D eigenvalue weighted by atomic mass is 10.0. The van der Waals surface area contributed by atoms with Gasteiger partial charge in [0.25, 0.3) is 0 Å². The maximum Gasteiger partial charge on any atom is 0.120 e. The van der Waals surface area contributed by atoms with Crippen LogP contribution in [0.2, 0.25) is 0 Å². The number of carbonyl (C=O) groups is 1. The van der Waals surface area contributed by atoms with Crippen LogP contribution in [0.3, 0.4) is 0 Å². The first-order valence-electron chi connectivity index (χ1n) is 3.35. The third kappa shape index (κ3) is 5.28. The second kappa shape index (κ2) is 5.54. The van der Waals surface area contributed by atoms with E-state index in [-0.39, 0.29) is 0 Å². The third-order valence-electron chi connectivity index (χ3n) is 1.36. The highest BCUT2D eigenvalue weighted by Crippen LogP contribution is 2.07. The first-order chi connectivity index (χ1) is 4.31. The van der Waals surface area contributed by atoms with Gasteiger partial charge >= 0.3 is 0 Å². The van der Waals surface area contributed by atoms with Crippen LogP contribution >= 0.6 is 0 Å². The molecule has 0 aliphatic carbocycles. The van der Waals surface area contributed by atoms with Crippen molar-refractivity contribution in [2.75, 3.05) is 0 Å². The Labute approximate surface area is 56.8 Å². The van der Waals surface area contributed by atoms with Gasteiger partial charge in [0.15, 0.2) is 0 Å². The molecule has 0 saturated heterocycles. The molecule has 0 fully saturated rings. The van der Waals surface area contributed by atoms with Crippen molar-refractivity contribution in [3.8, 4) is 0 Å². The maximum absolute atomic E-state index is 9.95. The Bertz CT molecular complexity index is 86.6. The highest BCUT2D eigenvalue weighted by Gasteiger charge is 1.97. The fraction of sp³-hybridized carbons (Fsp3) is 0.625. The summed E-state index contributed by atoms with van der Waals surface area (Å²) in [5.41, 5.74) is 0. The van der Waals surface area contributed by atoms with Gasteiger partial charge in [-0.3, -0.25) is 0 Å². The lowest BCUT2D eigenvalue weighted by Gasteiger charge is -2.02. The minimum atomic E-state index is 0.528. The highest BCUT2D eigenvalue weighted by molar-refractivity contribution is 5.49. The van der Waals surface area contributed by atoms with Crippen LogP contribution in [0, 0.1) is 5.92 Å². The van der Waals surface area contributed by atoms with Gasteiger partial charge in [-0.1, -0.05) is 13.0 Å². The number of rotatable bonds is 5. The lowest BCUT2D eigenvalue weighted by molar-refractivity contribution is -0.108. The van der Waals surface area contributed by atoms with E-state index in [1.54, 1.807) is 0 Å². The van der Waals surface area contributed by atoms with E-state index in [2.05, 4.69) is 13.5 Å². The lowest BCUT2D eigenvalue weighted by Crippen LogP contribution is -1.93. The van der Waals surface area contributed by atoms with E-state index < -0.39 is 0 Å². The number of hydrogen-bond acceptors (Lipinski definition) is 1. The van der Waals surface area contributed by atoms with Crippen molar-refractivity contribution >= 4 is 6.29 Å². The van der Waals surface area contributed by atoms with Crippen LogP contribution in [0.1, 0.15) is 26.2 Å². The number of aldehydes is 1. The second-order valence-electron chi connectivity index (χ2n) is 2.37. The molecule has 0 N–H and O–H groups in total. The number of allylic oxidation sites excluding steroid dienone is 1. The molecule has 0 radical (unpaired) electrons. The molecule has 0 aromatic rings. The van der Waals surface area contributed by atoms with Crippen LogP contribution in [0.15, 0.2) is 12.7 Å². The molecular weight excluding hydrogens is 112 g/mol. The molecule has 1 heteroatoms. The standard InChI is InChI=1S/C8H14O/c1-3-4-5-8(2)6-7-9/h3,7-8H,1,4-6H2,2H3/t8-/m0/s1. The molecule has 0 spiro atoms. The summed E-state index contributed by atoms with van der Waals surface area (Å²) in [5, 5.41) is 0. The highest BCUT2D eigenvalue weighted by atomic mass is 16.1. The first kappa shape index (κ1) is 8.41. The van der Waals surface area contributed by atoms with Gasteiger partial charge in [-0.05, 0) is 18.8 Å². The van der Waals surface area contributed by atoms with E-state index in [1.165, 1.54) is 0 Å². The molecular formula is C8H14O. The molecule has 0 aliphatic rings. The summed E-state index contributed by atoms with van der Waals surface area (Å²) in [6.07, 6.45) is 5.67. The summed E-state index contributed by atoms with van der Waals surface area (Å²) in [4.78, 5) is 9.95. The van der Waals surface area contributed by atoms with E-state index in [0.717, 1.165) is 19.1 Å². The largest absolute Gasteiger partial charge is 0.303 e. The summed E-state index contributed by atoms with van der Waals surface area (Å²) < 4.78 is 0. The topological polar surface area (TPSA) is 17.1 Å². The van der Waals surface area contributed by atoms with Crippen LogP contribution in [-0.2, 0) is 4.79 Å². The van der Waals surface area contributed by atoms with Crippen LogP contribution in [0.5, 0.6) is 0 Å². The Balaban J connectivity index is 3.14. The molecule has 52 valence electrons. The van der Waals surface area contributed by atoms with E-state index >= 15 is 0 Å². The Hall–Kier alpha value is -0.590. The molecule has 1 nitrogen and oxygen atoms in total. The molecule has 1 atom stereocenters. The average molecular weight is 126 g/mol. The molecule has 0 unspecified atom stereocenters. The third-order valence-corrected chi connectivity index (χ3v) is 1.36.